The van der Waals surface area contributed by atoms with Crippen LogP contribution in [0.15, 0.2) is 0 Å². The molecular weight excluding hydrogens is 230 g/mol. The van der Waals surface area contributed by atoms with Crippen molar-refractivity contribution in [1.29, 1.82) is 0 Å². The second-order valence-electron chi connectivity index (χ2n) is 5.01. The van der Waals surface area contributed by atoms with Crippen molar-refractivity contribution in [2.45, 2.75) is 26.3 Å². The number of likely N-dealkylation sites (tertiary alicyclic amines) is 1. The molecule has 0 aromatic rings. The molecule has 2 unspecified atom stereocenters. The highest BCUT2D eigenvalue weighted by atomic mass is 16.5. The van der Waals surface area contributed by atoms with Gasteiger partial charge in [0.15, 0.2) is 0 Å². The zero-order chi connectivity index (χ0) is 13.4. The topological polar surface area (TPSA) is 53.6 Å². The number of methoxy groups -OCH3 is 1. The first-order chi connectivity index (χ1) is 8.67. The van der Waals surface area contributed by atoms with Gasteiger partial charge in [0.05, 0.1) is 13.2 Å². The molecule has 0 spiro atoms. The summed E-state index contributed by atoms with van der Waals surface area (Å²) in [6, 6.07) is 0.600. The Labute approximate surface area is 110 Å². The zero-order valence-electron chi connectivity index (χ0n) is 11.9. The van der Waals surface area contributed by atoms with E-state index in [9.17, 15) is 4.79 Å². The highest BCUT2D eigenvalue weighted by molar-refractivity contribution is 5.77. The molecular formula is C13H27N3O2. The van der Waals surface area contributed by atoms with Crippen molar-refractivity contribution in [3.05, 3.63) is 0 Å². The summed E-state index contributed by atoms with van der Waals surface area (Å²) in [4.78, 5) is 13.9. The smallest absolute Gasteiger partial charge is 0.234 e. The van der Waals surface area contributed by atoms with Crippen LogP contribution in [0, 0.1) is 5.92 Å². The molecule has 0 bridgehead atoms. The van der Waals surface area contributed by atoms with Crippen LogP contribution in [-0.4, -0.2) is 63.3 Å². The monoisotopic (exact) mass is 257 g/mol. The molecule has 1 rings (SSSR count). The van der Waals surface area contributed by atoms with E-state index in [1.807, 2.05) is 0 Å². The van der Waals surface area contributed by atoms with Crippen molar-refractivity contribution in [2.24, 2.45) is 5.92 Å². The number of amides is 1. The van der Waals surface area contributed by atoms with Gasteiger partial charge in [0.2, 0.25) is 5.91 Å². The van der Waals surface area contributed by atoms with Gasteiger partial charge in [-0.15, -0.1) is 0 Å². The van der Waals surface area contributed by atoms with Gasteiger partial charge in [-0.05, 0) is 18.9 Å². The third kappa shape index (κ3) is 5.33. The summed E-state index contributed by atoms with van der Waals surface area (Å²) in [5.41, 5.74) is 0. The van der Waals surface area contributed by atoms with E-state index in [0.717, 1.165) is 26.1 Å². The molecule has 1 fully saturated rings. The van der Waals surface area contributed by atoms with Crippen LogP contribution >= 0.6 is 0 Å². The van der Waals surface area contributed by atoms with Crippen LogP contribution in [0.2, 0.25) is 0 Å². The molecule has 18 heavy (non-hydrogen) atoms. The van der Waals surface area contributed by atoms with E-state index in [1.54, 1.807) is 7.11 Å². The Morgan fingerprint density at radius 1 is 1.50 bits per heavy atom. The lowest BCUT2D eigenvalue weighted by Gasteiger charge is -2.36. The molecule has 1 saturated heterocycles. The number of ether oxygens (including phenoxy) is 1. The van der Waals surface area contributed by atoms with Crippen LogP contribution in [0.5, 0.6) is 0 Å². The van der Waals surface area contributed by atoms with Gasteiger partial charge in [0, 0.05) is 32.8 Å². The normalized spacial score (nSPS) is 25.1. The molecule has 0 radical (unpaired) electrons. The summed E-state index contributed by atoms with van der Waals surface area (Å²) in [6.45, 7) is 9.09. The average Bonchev–Trinajstić information content (AvgIpc) is 2.33. The fourth-order valence-electron chi connectivity index (χ4n) is 2.49. The van der Waals surface area contributed by atoms with E-state index in [-0.39, 0.29) is 5.91 Å². The standard InChI is InChI=1S/C13H27N3O2/c1-4-14-12-5-7-16(9-11(12)2)10-13(17)15-6-8-18-3/h11-12,14H,4-10H2,1-3H3,(H,15,17). The summed E-state index contributed by atoms with van der Waals surface area (Å²) >= 11 is 0. The summed E-state index contributed by atoms with van der Waals surface area (Å²) in [6.07, 6.45) is 1.13. The van der Waals surface area contributed by atoms with Gasteiger partial charge in [-0.3, -0.25) is 9.69 Å². The van der Waals surface area contributed by atoms with Gasteiger partial charge < -0.3 is 15.4 Å². The fraction of sp³-hybridized carbons (Fsp3) is 0.923. The number of hydrogen-bond acceptors (Lipinski definition) is 4. The lowest BCUT2D eigenvalue weighted by molar-refractivity contribution is -0.122. The number of carbonyl (C=O) groups is 1. The fourth-order valence-corrected chi connectivity index (χ4v) is 2.49. The third-order valence-electron chi connectivity index (χ3n) is 3.45. The Morgan fingerprint density at radius 2 is 2.28 bits per heavy atom. The minimum absolute atomic E-state index is 0.0983. The molecule has 5 heteroatoms. The molecule has 0 aromatic carbocycles. The van der Waals surface area contributed by atoms with Crippen LogP contribution in [0.4, 0.5) is 0 Å². The Morgan fingerprint density at radius 3 is 2.89 bits per heavy atom. The molecule has 0 saturated carbocycles. The van der Waals surface area contributed by atoms with Crippen LogP contribution in [-0.2, 0) is 9.53 Å². The van der Waals surface area contributed by atoms with Gasteiger partial charge >= 0.3 is 0 Å². The molecule has 1 aliphatic rings. The maximum Gasteiger partial charge on any atom is 0.234 e. The highest BCUT2D eigenvalue weighted by Gasteiger charge is 2.26. The summed E-state index contributed by atoms with van der Waals surface area (Å²) in [5.74, 6) is 0.701. The summed E-state index contributed by atoms with van der Waals surface area (Å²) in [7, 11) is 1.64. The van der Waals surface area contributed by atoms with Gasteiger partial charge in [-0.1, -0.05) is 13.8 Å². The van der Waals surface area contributed by atoms with Crippen molar-refractivity contribution in [1.82, 2.24) is 15.5 Å². The van der Waals surface area contributed by atoms with Gasteiger partial charge in [-0.25, -0.2) is 0 Å². The van der Waals surface area contributed by atoms with Crippen molar-refractivity contribution in [2.75, 3.05) is 46.4 Å². The quantitative estimate of drug-likeness (QED) is 0.634. The Balaban J connectivity index is 2.22. The molecule has 2 N–H and O–H groups in total. The Bertz CT molecular complexity index is 248. The maximum absolute atomic E-state index is 11.7. The SMILES string of the molecule is CCNC1CCN(CC(=O)NCCOC)CC1C. The third-order valence-corrected chi connectivity index (χ3v) is 3.45. The maximum atomic E-state index is 11.7. The van der Waals surface area contributed by atoms with Crippen LogP contribution in [0.3, 0.4) is 0 Å². The van der Waals surface area contributed by atoms with Gasteiger partial charge in [0.25, 0.3) is 0 Å². The second kappa shape index (κ2) is 8.45. The van der Waals surface area contributed by atoms with E-state index in [0.29, 0.717) is 31.7 Å². The molecule has 1 aliphatic heterocycles. The minimum atomic E-state index is 0.0983. The Hall–Kier alpha value is -0.650. The van der Waals surface area contributed by atoms with E-state index in [1.165, 1.54) is 0 Å². The second-order valence-corrected chi connectivity index (χ2v) is 5.01. The first-order valence-electron chi connectivity index (χ1n) is 6.88. The molecule has 1 heterocycles. The number of carbonyl (C=O) groups excluding carboxylic acids is 1. The number of rotatable bonds is 7. The predicted molar refractivity (Wildman–Crippen MR) is 72.6 cm³/mol. The van der Waals surface area contributed by atoms with E-state index >= 15 is 0 Å². The van der Waals surface area contributed by atoms with E-state index in [2.05, 4.69) is 29.4 Å². The number of piperidine rings is 1. The molecule has 2 atom stereocenters. The number of nitrogens with zero attached hydrogens (tertiary/aromatic N) is 1. The molecule has 1 amide bonds. The Kier molecular flexibility index (Phi) is 7.23. The van der Waals surface area contributed by atoms with Crippen molar-refractivity contribution < 1.29 is 9.53 Å². The van der Waals surface area contributed by atoms with Crippen LogP contribution < -0.4 is 10.6 Å². The first-order valence-corrected chi connectivity index (χ1v) is 6.88. The average molecular weight is 257 g/mol. The van der Waals surface area contributed by atoms with Crippen molar-refractivity contribution in [3.8, 4) is 0 Å². The minimum Gasteiger partial charge on any atom is -0.383 e. The molecule has 5 nitrogen and oxygen atoms in total. The zero-order valence-corrected chi connectivity index (χ0v) is 11.9. The highest BCUT2D eigenvalue weighted by Crippen LogP contribution is 2.16. The van der Waals surface area contributed by atoms with Gasteiger partial charge in [0.1, 0.15) is 0 Å². The number of nitrogens with one attached hydrogen (secondary N) is 2. The van der Waals surface area contributed by atoms with E-state index < -0.39 is 0 Å². The van der Waals surface area contributed by atoms with E-state index in [4.69, 9.17) is 4.74 Å². The van der Waals surface area contributed by atoms with Crippen LogP contribution in [0.25, 0.3) is 0 Å². The van der Waals surface area contributed by atoms with Crippen LogP contribution in [0.1, 0.15) is 20.3 Å². The predicted octanol–water partition coefficient (Wildman–Crippen LogP) is 0.0689. The summed E-state index contributed by atoms with van der Waals surface area (Å²) < 4.78 is 4.90. The van der Waals surface area contributed by atoms with Gasteiger partial charge in [-0.2, -0.15) is 0 Å². The van der Waals surface area contributed by atoms with Crippen molar-refractivity contribution >= 4 is 5.91 Å². The number of hydrogen-bond donors (Lipinski definition) is 2. The largest absolute Gasteiger partial charge is 0.383 e. The molecule has 0 aromatic heterocycles. The van der Waals surface area contributed by atoms with Crippen molar-refractivity contribution in [3.63, 3.8) is 0 Å². The molecule has 106 valence electrons. The summed E-state index contributed by atoms with van der Waals surface area (Å²) in [5, 5.41) is 6.37. The molecule has 0 aliphatic carbocycles. The lowest BCUT2D eigenvalue weighted by Crippen LogP contribution is -2.50. The lowest BCUT2D eigenvalue weighted by atomic mass is 9.94. The first kappa shape index (κ1) is 15.4.